The van der Waals surface area contributed by atoms with Gasteiger partial charge in [-0.2, -0.15) is 17.4 Å². The molecule has 1 aromatic carbocycles. The zero-order valence-electron chi connectivity index (χ0n) is 13.5. The van der Waals surface area contributed by atoms with E-state index >= 15 is 0 Å². The molecule has 0 spiro atoms. The molecule has 3 rings (SSSR count). The third-order valence-electron chi connectivity index (χ3n) is 4.24. The molecule has 0 bridgehead atoms. The summed E-state index contributed by atoms with van der Waals surface area (Å²) in [5.41, 5.74) is 0.645. The van der Waals surface area contributed by atoms with E-state index in [4.69, 9.17) is 0 Å². The second-order valence-corrected chi connectivity index (χ2v) is 7.67. The first kappa shape index (κ1) is 17.1. The van der Waals surface area contributed by atoms with E-state index in [1.807, 2.05) is 0 Å². The normalized spacial score (nSPS) is 17.8. The summed E-state index contributed by atoms with van der Waals surface area (Å²) in [7, 11) is -1.85. The van der Waals surface area contributed by atoms with E-state index in [2.05, 4.69) is 9.71 Å². The monoisotopic (exact) mass is 352 g/mol. The van der Waals surface area contributed by atoms with Gasteiger partial charge >= 0.3 is 0 Å². The number of imidazole rings is 1. The van der Waals surface area contributed by atoms with Crippen LogP contribution < -0.4 is 4.72 Å². The number of piperidine rings is 1. The molecule has 24 heavy (non-hydrogen) atoms. The predicted octanol–water partition coefficient (Wildman–Crippen LogP) is 1.97. The second-order valence-electron chi connectivity index (χ2n) is 5.96. The Morgan fingerprint density at radius 3 is 2.42 bits per heavy atom. The number of aromatic nitrogens is 2. The van der Waals surface area contributed by atoms with Crippen LogP contribution in [0.5, 0.6) is 0 Å². The number of aryl methyl sites for hydroxylation is 1. The van der Waals surface area contributed by atoms with Crippen LogP contribution in [0.25, 0.3) is 0 Å². The average Bonchev–Trinajstić information content (AvgIpc) is 3.00. The zero-order chi connectivity index (χ0) is 17.2. The molecule has 1 atom stereocenters. The lowest BCUT2D eigenvalue weighted by molar-refractivity contribution is 0.339. The third kappa shape index (κ3) is 3.66. The predicted molar refractivity (Wildman–Crippen MR) is 88.9 cm³/mol. The lowest BCUT2D eigenvalue weighted by Gasteiger charge is -2.28. The van der Waals surface area contributed by atoms with Gasteiger partial charge in [-0.3, -0.25) is 0 Å². The molecule has 130 valence electrons. The van der Waals surface area contributed by atoms with Crippen LogP contribution in [-0.4, -0.2) is 35.4 Å². The number of halogens is 1. The van der Waals surface area contributed by atoms with E-state index in [0.717, 1.165) is 19.3 Å². The molecule has 0 saturated carbocycles. The molecule has 2 aromatic rings. The maximum absolute atomic E-state index is 13.2. The van der Waals surface area contributed by atoms with Crippen LogP contribution >= 0.6 is 0 Å². The number of rotatable bonds is 5. The Bertz CT molecular complexity index is 783. The fourth-order valence-corrected chi connectivity index (χ4v) is 4.34. The summed E-state index contributed by atoms with van der Waals surface area (Å²) in [5.74, 6) is 0.193. The van der Waals surface area contributed by atoms with Gasteiger partial charge in [-0.25, -0.2) is 9.37 Å². The molecule has 8 heteroatoms. The van der Waals surface area contributed by atoms with Gasteiger partial charge in [0.2, 0.25) is 0 Å². The number of hydrogen-bond acceptors (Lipinski definition) is 3. The maximum Gasteiger partial charge on any atom is 0.280 e. The van der Waals surface area contributed by atoms with Crippen molar-refractivity contribution in [1.29, 1.82) is 0 Å². The lowest BCUT2D eigenvalue weighted by atomic mass is 10.1. The Balaban J connectivity index is 1.93. The van der Waals surface area contributed by atoms with Crippen molar-refractivity contribution in [3.8, 4) is 0 Å². The molecule has 2 heterocycles. The van der Waals surface area contributed by atoms with Crippen LogP contribution in [-0.2, 0) is 17.3 Å². The van der Waals surface area contributed by atoms with Crippen molar-refractivity contribution in [3.63, 3.8) is 0 Å². The SMILES string of the molecule is Cn1ccnc1C(NS(=O)(=O)N1CCCCC1)c1ccc(F)cc1. The zero-order valence-corrected chi connectivity index (χ0v) is 14.3. The number of hydrogen-bond donors (Lipinski definition) is 1. The van der Waals surface area contributed by atoms with Crippen molar-refractivity contribution < 1.29 is 12.8 Å². The largest absolute Gasteiger partial charge is 0.336 e. The summed E-state index contributed by atoms with van der Waals surface area (Å²) in [4.78, 5) is 4.27. The quantitative estimate of drug-likeness (QED) is 0.895. The van der Waals surface area contributed by atoms with Gasteiger partial charge in [0.25, 0.3) is 10.2 Å². The van der Waals surface area contributed by atoms with E-state index in [1.165, 1.54) is 16.4 Å². The maximum atomic E-state index is 13.2. The summed E-state index contributed by atoms with van der Waals surface area (Å²) in [6, 6.07) is 5.12. The summed E-state index contributed by atoms with van der Waals surface area (Å²) in [5, 5.41) is 0. The van der Waals surface area contributed by atoms with Gasteiger partial charge in [-0.1, -0.05) is 18.6 Å². The number of benzene rings is 1. The van der Waals surface area contributed by atoms with E-state index in [9.17, 15) is 12.8 Å². The molecule has 0 aliphatic carbocycles. The van der Waals surface area contributed by atoms with Crippen molar-refractivity contribution in [2.75, 3.05) is 13.1 Å². The Hall–Kier alpha value is -1.77. The molecule has 0 radical (unpaired) electrons. The first-order valence-electron chi connectivity index (χ1n) is 7.97. The van der Waals surface area contributed by atoms with Crippen LogP contribution in [0.2, 0.25) is 0 Å². The van der Waals surface area contributed by atoms with Gasteiger partial charge in [0.1, 0.15) is 17.7 Å². The van der Waals surface area contributed by atoms with Gasteiger partial charge in [0, 0.05) is 32.5 Å². The van der Waals surface area contributed by atoms with E-state index in [-0.39, 0.29) is 5.82 Å². The third-order valence-corrected chi connectivity index (χ3v) is 5.82. The van der Waals surface area contributed by atoms with Gasteiger partial charge in [0.05, 0.1) is 0 Å². The molecule has 1 aromatic heterocycles. The van der Waals surface area contributed by atoms with Crippen LogP contribution in [0.15, 0.2) is 36.7 Å². The average molecular weight is 352 g/mol. The van der Waals surface area contributed by atoms with Crippen molar-refractivity contribution >= 4 is 10.2 Å². The van der Waals surface area contributed by atoms with Crippen LogP contribution in [0.1, 0.15) is 36.7 Å². The molecule has 1 N–H and O–H groups in total. The van der Waals surface area contributed by atoms with Gasteiger partial charge in [-0.15, -0.1) is 0 Å². The minimum Gasteiger partial charge on any atom is -0.336 e. The molecule has 6 nitrogen and oxygen atoms in total. The standard InChI is InChI=1S/C16H21FN4O2S/c1-20-12-9-18-16(20)15(13-5-7-14(17)8-6-13)19-24(22,23)21-10-3-2-4-11-21/h5-9,12,15,19H,2-4,10-11H2,1H3. The van der Waals surface area contributed by atoms with Crippen molar-refractivity contribution in [2.24, 2.45) is 7.05 Å². The topological polar surface area (TPSA) is 67.2 Å². The highest BCUT2D eigenvalue weighted by Gasteiger charge is 2.29. The Morgan fingerprint density at radius 2 is 1.83 bits per heavy atom. The van der Waals surface area contributed by atoms with Crippen molar-refractivity contribution in [3.05, 3.63) is 53.9 Å². The highest BCUT2D eigenvalue weighted by atomic mass is 32.2. The highest BCUT2D eigenvalue weighted by molar-refractivity contribution is 7.87. The first-order chi connectivity index (χ1) is 11.5. The smallest absolute Gasteiger partial charge is 0.280 e. The molecular weight excluding hydrogens is 331 g/mol. The Morgan fingerprint density at radius 1 is 1.17 bits per heavy atom. The first-order valence-corrected chi connectivity index (χ1v) is 9.41. The number of nitrogens with one attached hydrogen (secondary N) is 1. The second kappa shape index (κ2) is 7.00. The molecule has 1 unspecified atom stereocenters. The van der Waals surface area contributed by atoms with Crippen molar-refractivity contribution in [2.45, 2.75) is 25.3 Å². The van der Waals surface area contributed by atoms with Gasteiger partial charge in [-0.05, 0) is 30.5 Å². The van der Waals surface area contributed by atoms with Crippen LogP contribution in [0.3, 0.4) is 0 Å². The molecule has 1 aliphatic heterocycles. The fourth-order valence-electron chi connectivity index (χ4n) is 2.91. The Labute approximate surface area is 141 Å². The summed E-state index contributed by atoms with van der Waals surface area (Å²) < 4.78 is 44.7. The molecule has 0 amide bonds. The Kier molecular flexibility index (Phi) is 4.98. The summed E-state index contributed by atoms with van der Waals surface area (Å²) >= 11 is 0. The molecule has 1 fully saturated rings. The summed E-state index contributed by atoms with van der Waals surface area (Å²) in [6.07, 6.45) is 6.14. The fraction of sp³-hybridized carbons (Fsp3) is 0.438. The van der Waals surface area contributed by atoms with E-state index < -0.39 is 16.3 Å². The number of nitrogens with zero attached hydrogens (tertiary/aromatic N) is 3. The highest BCUT2D eigenvalue weighted by Crippen LogP contribution is 2.23. The lowest BCUT2D eigenvalue weighted by Crippen LogP contribution is -2.45. The van der Waals surface area contributed by atoms with E-state index in [1.54, 1.807) is 36.1 Å². The van der Waals surface area contributed by atoms with Crippen LogP contribution in [0, 0.1) is 5.82 Å². The summed E-state index contributed by atoms with van der Waals surface area (Å²) in [6.45, 7) is 1.04. The van der Waals surface area contributed by atoms with Gasteiger partial charge < -0.3 is 4.57 Å². The minimum atomic E-state index is -3.65. The molecule has 1 aliphatic rings. The van der Waals surface area contributed by atoms with Crippen LogP contribution in [0.4, 0.5) is 4.39 Å². The molecular formula is C16H21FN4O2S. The van der Waals surface area contributed by atoms with E-state index in [0.29, 0.717) is 24.5 Å². The minimum absolute atomic E-state index is 0.365. The van der Waals surface area contributed by atoms with Crippen molar-refractivity contribution in [1.82, 2.24) is 18.6 Å². The molecule has 1 saturated heterocycles. The van der Waals surface area contributed by atoms with Gasteiger partial charge in [0.15, 0.2) is 0 Å².